The highest BCUT2D eigenvalue weighted by molar-refractivity contribution is 5.77. The fourth-order valence-corrected chi connectivity index (χ4v) is 0.957. The van der Waals surface area contributed by atoms with E-state index in [2.05, 4.69) is 24.2 Å². The van der Waals surface area contributed by atoms with Gasteiger partial charge in [-0.1, -0.05) is 13.8 Å². The Bertz CT molecular complexity index is 171. The van der Waals surface area contributed by atoms with E-state index in [-0.39, 0.29) is 0 Å². The summed E-state index contributed by atoms with van der Waals surface area (Å²) >= 11 is 0. The van der Waals surface area contributed by atoms with Crippen LogP contribution in [0.2, 0.25) is 0 Å². The molecule has 1 saturated carbocycles. The molecule has 1 rings (SSSR count). The van der Waals surface area contributed by atoms with E-state index in [1.165, 1.54) is 12.8 Å². The number of hydrogen-bond acceptors (Lipinski definition) is 1. The SMILES string of the molecule is CCCNC(N)=NCC1(C)CC1. The zero-order chi connectivity index (χ0) is 9.03. The van der Waals surface area contributed by atoms with E-state index in [4.69, 9.17) is 5.73 Å². The van der Waals surface area contributed by atoms with Gasteiger partial charge in [-0.3, -0.25) is 4.99 Å². The van der Waals surface area contributed by atoms with Crippen molar-refractivity contribution in [1.82, 2.24) is 5.32 Å². The summed E-state index contributed by atoms with van der Waals surface area (Å²) < 4.78 is 0. The molecule has 0 radical (unpaired) electrons. The van der Waals surface area contributed by atoms with Gasteiger partial charge in [-0.15, -0.1) is 0 Å². The van der Waals surface area contributed by atoms with E-state index < -0.39 is 0 Å². The Hall–Kier alpha value is -0.730. The molecular weight excluding hydrogens is 150 g/mol. The van der Waals surface area contributed by atoms with Crippen LogP contribution in [-0.2, 0) is 0 Å². The topological polar surface area (TPSA) is 50.4 Å². The highest BCUT2D eigenvalue weighted by atomic mass is 15.1. The van der Waals surface area contributed by atoms with Crippen molar-refractivity contribution in [3.63, 3.8) is 0 Å². The van der Waals surface area contributed by atoms with Crippen molar-refractivity contribution in [3.8, 4) is 0 Å². The van der Waals surface area contributed by atoms with E-state index in [1.807, 2.05) is 0 Å². The lowest BCUT2D eigenvalue weighted by atomic mass is 10.1. The second-order valence-electron chi connectivity index (χ2n) is 3.94. The summed E-state index contributed by atoms with van der Waals surface area (Å²) in [7, 11) is 0. The molecule has 1 aliphatic rings. The smallest absolute Gasteiger partial charge is 0.188 e. The number of guanidine groups is 1. The van der Waals surface area contributed by atoms with Crippen molar-refractivity contribution in [3.05, 3.63) is 0 Å². The molecule has 3 N–H and O–H groups in total. The van der Waals surface area contributed by atoms with Gasteiger partial charge in [-0.2, -0.15) is 0 Å². The van der Waals surface area contributed by atoms with Gasteiger partial charge in [0.05, 0.1) is 0 Å². The van der Waals surface area contributed by atoms with E-state index in [0.29, 0.717) is 11.4 Å². The summed E-state index contributed by atoms with van der Waals surface area (Å²) in [5.74, 6) is 0.602. The summed E-state index contributed by atoms with van der Waals surface area (Å²) in [6.07, 6.45) is 3.70. The van der Waals surface area contributed by atoms with Crippen molar-refractivity contribution in [2.45, 2.75) is 33.1 Å². The van der Waals surface area contributed by atoms with E-state index >= 15 is 0 Å². The Morgan fingerprint density at radius 3 is 2.75 bits per heavy atom. The zero-order valence-electron chi connectivity index (χ0n) is 8.06. The molecule has 0 saturated heterocycles. The van der Waals surface area contributed by atoms with Crippen LogP contribution < -0.4 is 11.1 Å². The lowest BCUT2D eigenvalue weighted by Gasteiger charge is -2.06. The zero-order valence-corrected chi connectivity index (χ0v) is 8.06. The second-order valence-corrected chi connectivity index (χ2v) is 3.94. The van der Waals surface area contributed by atoms with Gasteiger partial charge in [0.15, 0.2) is 5.96 Å². The molecule has 3 heteroatoms. The van der Waals surface area contributed by atoms with Crippen LogP contribution >= 0.6 is 0 Å². The van der Waals surface area contributed by atoms with E-state index in [9.17, 15) is 0 Å². The number of nitrogens with one attached hydrogen (secondary N) is 1. The molecule has 0 aromatic heterocycles. The number of nitrogens with two attached hydrogens (primary N) is 1. The molecule has 0 heterocycles. The molecule has 0 unspecified atom stereocenters. The average Bonchev–Trinajstić information content (AvgIpc) is 2.77. The Kier molecular flexibility index (Phi) is 2.95. The fraction of sp³-hybridized carbons (Fsp3) is 0.889. The molecule has 0 atom stereocenters. The van der Waals surface area contributed by atoms with Crippen molar-refractivity contribution in [2.24, 2.45) is 16.1 Å². The number of nitrogens with zero attached hydrogens (tertiary/aromatic N) is 1. The molecule has 0 amide bonds. The maximum absolute atomic E-state index is 5.63. The lowest BCUT2D eigenvalue weighted by Crippen LogP contribution is -2.32. The molecule has 0 aromatic rings. The molecule has 0 spiro atoms. The van der Waals surface area contributed by atoms with Crippen LogP contribution in [0.4, 0.5) is 0 Å². The van der Waals surface area contributed by atoms with Crippen LogP contribution in [0.25, 0.3) is 0 Å². The Labute approximate surface area is 74.4 Å². The first kappa shape index (κ1) is 9.36. The predicted molar refractivity (Wildman–Crippen MR) is 52.1 cm³/mol. The van der Waals surface area contributed by atoms with Crippen LogP contribution in [-0.4, -0.2) is 19.0 Å². The predicted octanol–water partition coefficient (Wildman–Crippen LogP) is 1.10. The van der Waals surface area contributed by atoms with Crippen molar-refractivity contribution in [1.29, 1.82) is 0 Å². The minimum Gasteiger partial charge on any atom is -0.370 e. The van der Waals surface area contributed by atoms with Crippen LogP contribution in [0.3, 0.4) is 0 Å². The van der Waals surface area contributed by atoms with Gasteiger partial charge < -0.3 is 11.1 Å². The monoisotopic (exact) mass is 169 g/mol. The first-order valence-corrected chi connectivity index (χ1v) is 4.70. The summed E-state index contributed by atoms with van der Waals surface area (Å²) in [6.45, 7) is 6.17. The first-order chi connectivity index (χ1) is 5.66. The van der Waals surface area contributed by atoms with Crippen molar-refractivity contribution >= 4 is 5.96 Å². The summed E-state index contributed by atoms with van der Waals surface area (Å²) in [5.41, 5.74) is 6.10. The van der Waals surface area contributed by atoms with Crippen LogP contribution in [0, 0.1) is 5.41 Å². The number of aliphatic imine (C=N–C) groups is 1. The van der Waals surface area contributed by atoms with Gasteiger partial charge in [0.1, 0.15) is 0 Å². The highest BCUT2D eigenvalue weighted by Gasteiger charge is 2.36. The molecule has 12 heavy (non-hydrogen) atoms. The van der Waals surface area contributed by atoms with Crippen LogP contribution in [0.15, 0.2) is 4.99 Å². The van der Waals surface area contributed by atoms with Gasteiger partial charge in [-0.05, 0) is 24.7 Å². The minimum absolute atomic E-state index is 0.471. The molecule has 0 aromatic carbocycles. The standard InChI is InChI=1S/C9H19N3/c1-3-6-11-8(10)12-7-9(2)4-5-9/h3-7H2,1-2H3,(H3,10,11,12). The maximum atomic E-state index is 5.63. The Morgan fingerprint density at radius 1 is 1.58 bits per heavy atom. The maximum Gasteiger partial charge on any atom is 0.188 e. The molecule has 70 valence electrons. The third-order valence-electron chi connectivity index (χ3n) is 2.29. The van der Waals surface area contributed by atoms with Gasteiger partial charge in [0.25, 0.3) is 0 Å². The second kappa shape index (κ2) is 3.78. The Balaban J connectivity index is 2.16. The average molecular weight is 169 g/mol. The molecule has 1 aliphatic carbocycles. The largest absolute Gasteiger partial charge is 0.370 e. The normalized spacial score (nSPS) is 20.7. The third-order valence-corrected chi connectivity index (χ3v) is 2.29. The van der Waals surface area contributed by atoms with Gasteiger partial charge in [0.2, 0.25) is 0 Å². The third kappa shape index (κ3) is 3.11. The van der Waals surface area contributed by atoms with E-state index in [1.54, 1.807) is 0 Å². The molecular formula is C9H19N3. The first-order valence-electron chi connectivity index (χ1n) is 4.70. The number of hydrogen-bond donors (Lipinski definition) is 2. The fourth-order valence-electron chi connectivity index (χ4n) is 0.957. The molecule has 0 aliphatic heterocycles. The summed E-state index contributed by atoms with van der Waals surface area (Å²) in [4.78, 5) is 4.28. The number of rotatable bonds is 4. The van der Waals surface area contributed by atoms with Gasteiger partial charge in [-0.25, -0.2) is 0 Å². The van der Waals surface area contributed by atoms with E-state index in [0.717, 1.165) is 19.5 Å². The molecule has 0 bridgehead atoms. The van der Waals surface area contributed by atoms with Crippen molar-refractivity contribution in [2.75, 3.05) is 13.1 Å². The van der Waals surface area contributed by atoms with Gasteiger partial charge >= 0.3 is 0 Å². The quantitative estimate of drug-likeness (QED) is 0.489. The Morgan fingerprint density at radius 2 is 2.25 bits per heavy atom. The summed E-state index contributed by atoms with van der Waals surface area (Å²) in [6, 6.07) is 0. The minimum atomic E-state index is 0.471. The van der Waals surface area contributed by atoms with Crippen molar-refractivity contribution < 1.29 is 0 Å². The van der Waals surface area contributed by atoms with Crippen LogP contribution in [0.1, 0.15) is 33.1 Å². The highest BCUT2D eigenvalue weighted by Crippen LogP contribution is 2.44. The molecule has 3 nitrogen and oxygen atoms in total. The van der Waals surface area contributed by atoms with Crippen LogP contribution in [0.5, 0.6) is 0 Å². The molecule has 1 fully saturated rings. The lowest BCUT2D eigenvalue weighted by molar-refractivity contribution is 0.587. The van der Waals surface area contributed by atoms with Gasteiger partial charge in [0, 0.05) is 13.1 Å². The summed E-state index contributed by atoms with van der Waals surface area (Å²) in [5, 5.41) is 3.06.